The molecule has 4 aliphatic rings. The molecule has 8 heterocycles. The first-order valence-corrected chi connectivity index (χ1v) is 22.5. The Morgan fingerprint density at radius 1 is 1.03 bits per heavy atom. The van der Waals surface area contributed by atoms with Gasteiger partial charge in [-0.3, -0.25) is 24.1 Å². The number of rotatable bonds is 8. The number of halogens is 1. The zero-order valence-corrected chi connectivity index (χ0v) is 37.5. The van der Waals surface area contributed by atoms with Gasteiger partial charge in [0.2, 0.25) is 0 Å². The maximum Gasteiger partial charge on any atom is 0.340 e. The highest BCUT2D eigenvalue weighted by Crippen LogP contribution is 2.56. The summed E-state index contributed by atoms with van der Waals surface area (Å²) in [5.74, 6) is -0.316. The minimum atomic E-state index is -1.52. The van der Waals surface area contributed by atoms with Crippen LogP contribution in [0.4, 0.5) is 0 Å². The number of aliphatic hydroxyl groups excluding tert-OH is 1. The molecule has 0 radical (unpaired) electrons. The van der Waals surface area contributed by atoms with Crippen molar-refractivity contribution in [1.29, 1.82) is 0 Å². The molecule has 1 spiro atoms. The molecule has 15 nitrogen and oxygen atoms in total. The van der Waals surface area contributed by atoms with E-state index in [9.17, 15) is 19.5 Å². The number of likely N-dealkylation sites (tertiary alicyclic amines) is 1. The molecule has 5 aromatic heterocycles. The van der Waals surface area contributed by atoms with Crippen LogP contribution in [-0.4, -0.2) is 80.9 Å². The number of aryl methyl sites for hydroxylation is 3. The van der Waals surface area contributed by atoms with Crippen LogP contribution < -0.4 is 10.3 Å². The Bertz CT molecular complexity index is 3530. The number of aliphatic hydroxyl groups is 1. The molecule has 332 valence electrons. The molecule has 8 aromatic rings. The molecule has 66 heavy (non-hydrogen) atoms. The average molecular weight is 902 g/mol. The number of nitrogens with one attached hydrogen (secondary N) is 1. The third-order valence-electron chi connectivity index (χ3n) is 14.4. The maximum atomic E-state index is 13.7. The van der Waals surface area contributed by atoms with Gasteiger partial charge in [0.15, 0.2) is 6.10 Å². The fourth-order valence-corrected chi connectivity index (χ4v) is 11.3. The van der Waals surface area contributed by atoms with Gasteiger partial charge in [-0.2, -0.15) is 15.3 Å². The summed E-state index contributed by atoms with van der Waals surface area (Å²) in [6.45, 7) is 11.8. The van der Waals surface area contributed by atoms with Crippen molar-refractivity contribution in [3.05, 3.63) is 122 Å². The van der Waals surface area contributed by atoms with Gasteiger partial charge in [-0.15, -0.1) is 0 Å². The minimum absolute atomic E-state index is 0.00485. The van der Waals surface area contributed by atoms with E-state index in [1.165, 1.54) is 0 Å². The molecule has 1 atom stereocenters. The molecule has 16 heteroatoms. The van der Waals surface area contributed by atoms with Gasteiger partial charge in [0, 0.05) is 80.8 Å². The summed E-state index contributed by atoms with van der Waals surface area (Å²) in [5, 5.41) is 31.4. The zero-order valence-electron chi connectivity index (χ0n) is 36.7. The highest BCUT2D eigenvalue weighted by Gasteiger charge is 2.55. The fourth-order valence-electron chi connectivity index (χ4n) is 11.0. The second kappa shape index (κ2) is 14.4. The smallest absolute Gasteiger partial charge is 0.340 e. The normalized spacial score (nSPS) is 17.2. The standard InChI is InChI=1S/C50H44ClN9O6/c1-6-31-32-13-30(8-9-37(32)54-45-35(31)19-59-40(45)14-33-36(48(59)63)21-66-49(64)46(33)61)65-20-25(3)47(62)58-22-50(23-58)15-29(16-50)60-26(4)41(42-34-18-52-55-38(34)11-24(2)43(42)51)44(56-60)27-7-10-39-28(12-27)17-53-57(39)5/h7-14,17-18,29,46,61H,3,6,15-16,19-23H2,1-2,4-5H3,(H,52,55). The number of esters is 1. The highest BCUT2D eigenvalue weighted by atomic mass is 35.5. The van der Waals surface area contributed by atoms with Gasteiger partial charge >= 0.3 is 5.97 Å². The Kier molecular flexibility index (Phi) is 8.85. The van der Waals surface area contributed by atoms with Crippen molar-refractivity contribution in [2.45, 2.75) is 65.3 Å². The molecule has 1 saturated heterocycles. The van der Waals surface area contributed by atoms with E-state index < -0.39 is 12.1 Å². The van der Waals surface area contributed by atoms with Gasteiger partial charge in [0.05, 0.1) is 63.5 Å². The summed E-state index contributed by atoms with van der Waals surface area (Å²) in [6, 6.07) is 15.8. The number of aromatic nitrogens is 8. The molecule has 1 aliphatic carbocycles. The van der Waals surface area contributed by atoms with Crippen LogP contribution in [0.2, 0.25) is 5.02 Å². The number of hydrogen-bond acceptors (Lipinski definition) is 10. The number of H-pyrrole nitrogens is 1. The number of hydrogen-bond donors (Lipinski definition) is 2. The summed E-state index contributed by atoms with van der Waals surface area (Å²) >= 11 is 7.16. The Labute approximate surface area is 382 Å². The molecular weight excluding hydrogens is 858 g/mol. The predicted octanol–water partition coefficient (Wildman–Crippen LogP) is 7.44. The lowest BCUT2D eigenvalue weighted by Gasteiger charge is -2.59. The van der Waals surface area contributed by atoms with Crippen LogP contribution in [0.1, 0.15) is 65.4 Å². The summed E-state index contributed by atoms with van der Waals surface area (Å²) in [5.41, 5.74) is 12.1. The number of carbonyl (C=O) groups is 2. The van der Waals surface area contributed by atoms with Crippen molar-refractivity contribution in [2.75, 3.05) is 19.7 Å². The van der Waals surface area contributed by atoms with E-state index >= 15 is 0 Å². The Morgan fingerprint density at radius 2 is 1.85 bits per heavy atom. The van der Waals surface area contributed by atoms with Crippen molar-refractivity contribution in [2.24, 2.45) is 12.5 Å². The second-order valence-corrected chi connectivity index (χ2v) is 18.8. The molecule has 0 bridgehead atoms. The lowest BCUT2D eigenvalue weighted by Crippen LogP contribution is -2.64. The number of benzene rings is 3. The van der Waals surface area contributed by atoms with Crippen LogP contribution in [0.3, 0.4) is 0 Å². The molecule has 12 rings (SSSR count). The largest absolute Gasteiger partial charge is 0.489 e. The van der Waals surface area contributed by atoms with Gasteiger partial charge in [0.25, 0.3) is 11.5 Å². The van der Waals surface area contributed by atoms with Crippen LogP contribution in [0.25, 0.3) is 66.5 Å². The Hall–Kier alpha value is -7.10. The van der Waals surface area contributed by atoms with E-state index in [4.69, 9.17) is 31.2 Å². The number of carbonyl (C=O) groups excluding carboxylic acids is 2. The summed E-state index contributed by atoms with van der Waals surface area (Å²) in [7, 11) is 1.94. The monoisotopic (exact) mass is 901 g/mol. The van der Waals surface area contributed by atoms with Gasteiger partial charge < -0.3 is 24.0 Å². The lowest BCUT2D eigenvalue weighted by atomic mass is 9.60. The topological polar surface area (TPSA) is 175 Å². The molecule has 1 amide bonds. The third-order valence-corrected chi connectivity index (χ3v) is 14.9. The Balaban J connectivity index is 0.746. The molecule has 2 N–H and O–H groups in total. The van der Waals surface area contributed by atoms with E-state index in [1.807, 2.05) is 60.2 Å². The molecule has 1 saturated carbocycles. The van der Waals surface area contributed by atoms with Crippen LogP contribution in [0.15, 0.2) is 77.9 Å². The molecular formula is C50H44ClN9O6. The maximum absolute atomic E-state index is 13.7. The van der Waals surface area contributed by atoms with Gasteiger partial charge in [0.1, 0.15) is 24.7 Å². The lowest BCUT2D eigenvalue weighted by molar-refractivity contribution is -0.157. The minimum Gasteiger partial charge on any atom is -0.489 e. The number of ether oxygens (including phenoxy) is 2. The van der Waals surface area contributed by atoms with E-state index in [2.05, 4.69) is 58.6 Å². The predicted molar refractivity (Wildman–Crippen MR) is 248 cm³/mol. The van der Waals surface area contributed by atoms with Crippen LogP contribution >= 0.6 is 11.6 Å². The van der Waals surface area contributed by atoms with Gasteiger partial charge in [-0.05, 0) is 86.7 Å². The van der Waals surface area contributed by atoms with Crippen molar-refractivity contribution < 1.29 is 24.2 Å². The number of cyclic esters (lactones) is 1. The van der Waals surface area contributed by atoms with E-state index in [1.54, 1.807) is 10.6 Å². The van der Waals surface area contributed by atoms with Crippen LogP contribution in [0, 0.1) is 19.3 Å². The molecule has 3 aromatic carbocycles. The first-order valence-electron chi connectivity index (χ1n) is 22.1. The quantitative estimate of drug-likeness (QED) is 0.115. The van der Waals surface area contributed by atoms with Crippen molar-refractivity contribution >= 4 is 56.2 Å². The molecule has 1 unspecified atom stereocenters. The SMILES string of the molecule is C=C(COc1ccc2nc3c(c(CC)c2c1)Cn1c-3cc2c(c1=O)COC(=O)C2O)C(=O)N1CC2(CC(n3nc(-c4ccc5c(cnn5C)c4)c(-c4c(Cl)c(C)cc5[nH]ncc45)c3C)C2)C1. The number of pyridine rings is 2. The molecule has 3 aliphatic heterocycles. The summed E-state index contributed by atoms with van der Waals surface area (Å²) in [6.07, 6.45) is 4.63. The number of aromatic amines is 1. The third kappa shape index (κ3) is 5.88. The second-order valence-electron chi connectivity index (χ2n) is 18.4. The van der Waals surface area contributed by atoms with Crippen molar-refractivity contribution in [3.63, 3.8) is 0 Å². The number of nitrogens with zero attached hydrogens (tertiary/aromatic N) is 8. The first kappa shape index (κ1) is 40.4. The fraction of sp³-hybridized carbons (Fsp3) is 0.300. The van der Waals surface area contributed by atoms with E-state index in [-0.39, 0.29) is 47.3 Å². The average Bonchev–Trinajstić information content (AvgIpc) is 4.07. The summed E-state index contributed by atoms with van der Waals surface area (Å²) < 4.78 is 16.9. The molecule has 2 fully saturated rings. The van der Waals surface area contributed by atoms with E-state index in [0.717, 1.165) is 84.8 Å². The number of amides is 1. The van der Waals surface area contributed by atoms with Crippen LogP contribution in [0.5, 0.6) is 5.75 Å². The van der Waals surface area contributed by atoms with E-state index in [0.29, 0.717) is 59.3 Å². The van der Waals surface area contributed by atoms with Crippen molar-refractivity contribution in [1.82, 2.24) is 44.2 Å². The number of fused-ring (bicyclic) bond motifs is 7. The van der Waals surface area contributed by atoms with Crippen molar-refractivity contribution in [3.8, 4) is 39.5 Å². The van der Waals surface area contributed by atoms with Crippen LogP contribution in [-0.2, 0) is 40.9 Å². The Morgan fingerprint density at radius 3 is 2.65 bits per heavy atom. The van der Waals surface area contributed by atoms with Gasteiger partial charge in [-0.25, -0.2) is 9.78 Å². The van der Waals surface area contributed by atoms with Gasteiger partial charge in [-0.1, -0.05) is 31.2 Å². The first-order chi connectivity index (χ1) is 31.8. The summed E-state index contributed by atoms with van der Waals surface area (Å²) in [4.78, 5) is 46.2. The highest BCUT2D eigenvalue weighted by molar-refractivity contribution is 6.36. The zero-order chi connectivity index (χ0) is 45.5.